The lowest BCUT2D eigenvalue weighted by atomic mass is 10.1. The van der Waals surface area contributed by atoms with Crippen molar-refractivity contribution in [3.63, 3.8) is 0 Å². The number of nitrogen functional groups attached to an aromatic ring is 1. The van der Waals surface area contributed by atoms with Crippen molar-refractivity contribution in [1.29, 1.82) is 0 Å². The van der Waals surface area contributed by atoms with E-state index in [0.717, 1.165) is 0 Å². The van der Waals surface area contributed by atoms with Crippen LogP contribution in [0.3, 0.4) is 0 Å². The van der Waals surface area contributed by atoms with Gasteiger partial charge >= 0.3 is 0 Å². The molecule has 2 unspecified atom stereocenters. The van der Waals surface area contributed by atoms with Crippen LogP contribution in [0, 0.1) is 0 Å². The topological polar surface area (TPSA) is 85.2 Å². The maximum Gasteiger partial charge on any atom is 0.129 e. The summed E-state index contributed by atoms with van der Waals surface area (Å²) in [6, 6.07) is 3.10. The predicted molar refractivity (Wildman–Crippen MR) is 47.3 cm³/mol. The fourth-order valence-electron chi connectivity index (χ4n) is 0.963. The first kappa shape index (κ1) is 8.96. The average molecular weight is 167 g/mol. The van der Waals surface area contributed by atoms with Gasteiger partial charge in [-0.3, -0.25) is 0 Å². The van der Waals surface area contributed by atoms with Crippen molar-refractivity contribution in [2.24, 2.45) is 5.73 Å². The Morgan fingerprint density at radius 2 is 2.25 bits per heavy atom. The maximum absolute atomic E-state index is 9.53. The number of hydrogen-bond acceptors (Lipinski definition) is 4. The smallest absolute Gasteiger partial charge is 0.129 e. The quantitative estimate of drug-likeness (QED) is 0.580. The Labute approximate surface area is 71.2 Å². The molecule has 0 fully saturated rings. The van der Waals surface area contributed by atoms with E-state index < -0.39 is 6.10 Å². The molecule has 0 saturated heterocycles. The van der Waals surface area contributed by atoms with Gasteiger partial charge in [0, 0.05) is 17.8 Å². The van der Waals surface area contributed by atoms with Crippen LogP contribution in [0.25, 0.3) is 0 Å². The Bertz CT molecular complexity index is 262. The summed E-state index contributed by atoms with van der Waals surface area (Å²) in [4.78, 5) is 3.84. The molecule has 4 nitrogen and oxygen atoms in total. The molecular formula is C8H13N3O. The van der Waals surface area contributed by atoms with Gasteiger partial charge in [0.05, 0.1) is 6.10 Å². The lowest BCUT2D eigenvalue weighted by Crippen LogP contribution is -2.25. The van der Waals surface area contributed by atoms with Crippen LogP contribution in [0.2, 0.25) is 0 Å². The lowest BCUT2D eigenvalue weighted by Gasteiger charge is -2.15. The number of aliphatic hydroxyl groups is 1. The van der Waals surface area contributed by atoms with Gasteiger partial charge in [-0.15, -0.1) is 0 Å². The number of aliphatic hydroxyl groups excluding tert-OH is 1. The van der Waals surface area contributed by atoms with E-state index >= 15 is 0 Å². The fraction of sp³-hybridized carbons (Fsp3) is 0.375. The van der Waals surface area contributed by atoms with Gasteiger partial charge in [-0.1, -0.05) is 6.07 Å². The highest BCUT2D eigenvalue weighted by Crippen LogP contribution is 2.19. The van der Waals surface area contributed by atoms with Crippen molar-refractivity contribution in [1.82, 2.24) is 4.98 Å². The molecule has 0 aliphatic carbocycles. The molecule has 0 aliphatic rings. The van der Waals surface area contributed by atoms with E-state index in [1.54, 1.807) is 25.3 Å². The minimum atomic E-state index is -0.737. The van der Waals surface area contributed by atoms with Crippen molar-refractivity contribution in [3.05, 3.63) is 23.9 Å². The Morgan fingerprint density at radius 3 is 2.75 bits per heavy atom. The second kappa shape index (κ2) is 3.51. The summed E-state index contributed by atoms with van der Waals surface area (Å²) in [5.74, 6) is 0.335. The number of rotatable bonds is 2. The molecule has 4 heteroatoms. The SMILES string of the molecule is CC(N)C(O)c1cccnc1N. The molecule has 1 aromatic heterocycles. The molecule has 1 aromatic rings. The molecule has 0 aromatic carbocycles. The second-order valence-corrected chi connectivity index (χ2v) is 2.78. The zero-order valence-electron chi connectivity index (χ0n) is 6.94. The Hall–Kier alpha value is -1.13. The summed E-state index contributed by atoms with van der Waals surface area (Å²) in [6.07, 6.45) is 0.839. The van der Waals surface area contributed by atoms with E-state index in [-0.39, 0.29) is 6.04 Å². The maximum atomic E-state index is 9.53. The molecule has 0 amide bonds. The summed E-state index contributed by atoms with van der Waals surface area (Å²) in [5.41, 5.74) is 11.6. The Morgan fingerprint density at radius 1 is 1.58 bits per heavy atom. The first-order valence-corrected chi connectivity index (χ1v) is 3.77. The molecule has 5 N–H and O–H groups in total. The molecule has 66 valence electrons. The molecule has 0 saturated carbocycles. The van der Waals surface area contributed by atoms with Gasteiger partial charge in [0.1, 0.15) is 5.82 Å². The van der Waals surface area contributed by atoms with Crippen LogP contribution in [-0.2, 0) is 0 Å². The van der Waals surface area contributed by atoms with E-state index in [1.165, 1.54) is 0 Å². The average Bonchev–Trinajstić information content (AvgIpc) is 2.04. The van der Waals surface area contributed by atoms with Crippen molar-refractivity contribution in [2.75, 3.05) is 5.73 Å². The summed E-state index contributed by atoms with van der Waals surface area (Å²) in [6.45, 7) is 1.72. The van der Waals surface area contributed by atoms with Crippen molar-refractivity contribution < 1.29 is 5.11 Å². The highest BCUT2D eigenvalue weighted by molar-refractivity contribution is 5.40. The van der Waals surface area contributed by atoms with Crippen LogP contribution < -0.4 is 11.5 Å². The van der Waals surface area contributed by atoms with Gasteiger partial charge in [-0.05, 0) is 13.0 Å². The van der Waals surface area contributed by atoms with E-state index in [9.17, 15) is 5.11 Å². The van der Waals surface area contributed by atoms with E-state index in [1.807, 2.05) is 0 Å². The second-order valence-electron chi connectivity index (χ2n) is 2.78. The molecule has 1 heterocycles. The third kappa shape index (κ3) is 1.72. The van der Waals surface area contributed by atoms with Crippen LogP contribution in [0.1, 0.15) is 18.6 Å². The minimum Gasteiger partial charge on any atom is -0.387 e. The van der Waals surface area contributed by atoms with E-state index in [4.69, 9.17) is 11.5 Å². The fourth-order valence-corrected chi connectivity index (χ4v) is 0.963. The van der Waals surface area contributed by atoms with Gasteiger partial charge in [-0.2, -0.15) is 0 Å². The van der Waals surface area contributed by atoms with E-state index in [2.05, 4.69) is 4.98 Å². The number of anilines is 1. The predicted octanol–water partition coefficient (Wildman–Crippen LogP) is 0.0444. The first-order chi connectivity index (χ1) is 5.63. The normalized spacial score (nSPS) is 15.6. The summed E-state index contributed by atoms with van der Waals surface area (Å²) in [5, 5.41) is 9.53. The first-order valence-electron chi connectivity index (χ1n) is 3.77. The molecule has 0 aliphatic heterocycles. The number of nitrogens with zero attached hydrogens (tertiary/aromatic N) is 1. The number of nitrogens with two attached hydrogens (primary N) is 2. The third-order valence-corrected chi connectivity index (χ3v) is 1.69. The van der Waals surface area contributed by atoms with Gasteiger partial charge in [0.25, 0.3) is 0 Å². The summed E-state index contributed by atoms with van der Waals surface area (Å²) >= 11 is 0. The zero-order valence-corrected chi connectivity index (χ0v) is 6.94. The zero-order chi connectivity index (χ0) is 9.14. The molecule has 0 spiro atoms. The summed E-state index contributed by atoms with van der Waals surface area (Å²) < 4.78 is 0. The number of aromatic nitrogens is 1. The van der Waals surface area contributed by atoms with Crippen LogP contribution in [0.4, 0.5) is 5.82 Å². The minimum absolute atomic E-state index is 0.335. The number of pyridine rings is 1. The van der Waals surface area contributed by atoms with Crippen molar-refractivity contribution in [3.8, 4) is 0 Å². The Balaban J connectivity index is 2.94. The lowest BCUT2D eigenvalue weighted by molar-refractivity contribution is 0.154. The molecule has 2 atom stereocenters. The van der Waals surface area contributed by atoms with Crippen molar-refractivity contribution >= 4 is 5.82 Å². The van der Waals surface area contributed by atoms with Gasteiger partial charge in [-0.25, -0.2) is 4.98 Å². The van der Waals surface area contributed by atoms with Crippen LogP contribution >= 0.6 is 0 Å². The van der Waals surface area contributed by atoms with Crippen LogP contribution in [0.15, 0.2) is 18.3 Å². The van der Waals surface area contributed by atoms with Gasteiger partial charge in [0.2, 0.25) is 0 Å². The highest BCUT2D eigenvalue weighted by Gasteiger charge is 2.14. The van der Waals surface area contributed by atoms with E-state index in [0.29, 0.717) is 11.4 Å². The largest absolute Gasteiger partial charge is 0.387 e. The standard InChI is InChI=1S/C8H13N3O/c1-5(9)7(12)6-3-2-4-11-8(6)10/h2-5,7,12H,9H2,1H3,(H2,10,11). The number of hydrogen-bond donors (Lipinski definition) is 3. The van der Waals surface area contributed by atoms with Crippen LogP contribution in [0.5, 0.6) is 0 Å². The molecule has 12 heavy (non-hydrogen) atoms. The highest BCUT2D eigenvalue weighted by atomic mass is 16.3. The van der Waals surface area contributed by atoms with Gasteiger partial charge < -0.3 is 16.6 Å². The molecule has 1 rings (SSSR count). The molecular weight excluding hydrogens is 154 g/mol. The summed E-state index contributed by atoms with van der Waals surface area (Å²) in [7, 11) is 0. The third-order valence-electron chi connectivity index (χ3n) is 1.69. The van der Waals surface area contributed by atoms with Gasteiger partial charge in [0.15, 0.2) is 0 Å². The monoisotopic (exact) mass is 167 g/mol. The van der Waals surface area contributed by atoms with Crippen molar-refractivity contribution in [2.45, 2.75) is 19.1 Å². The van der Waals surface area contributed by atoms with Crippen LogP contribution in [-0.4, -0.2) is 16.1 Å². The molecule has 0 bridgehead atoms. The Kier molecular flexibility index (Phi) is 2.62. The molecule has 0 radical (unpaired) electrons.